The number of carbonyl (C=O) groups is 1. The van der Waals surface area contributed by atoms with E-state index >= 15 is 0 Å². The van der Waals surface area contributed by atoms with Crippen molar-refractivity contribution < 1.29 is 18.4 Å². The Balaban J connectivity index is 1.41. The molecule has 0 aliphatic carbocycles. The average molecular weight is 399 g/mol. The summed E-state index contributed by atoms with van der Waals surface area (Å²) in [7, 11) is 0. The maximum Gasteiger partial charge on any atom is 0.283 e. The summed E-state index contributed by atoms with van der Waals surface area (Å²) in [4.78, 5) is 12.3. The number of nitrogens with one attached hydrogen (secondary N) is 2. The van der Waals surface area contributed by atoms with Crippen LogP contribution < -0.4 is 10.2 Å². The molecule has 1 amide bonds. The molecule has 152 valence electrons. The van der Waals surface area contributed by atoms with Gasteiger partial charge in [0.1, 0.15) is 29.6 Å². The largest absolute Gasteiger partial charge is 0.472 e. The molecule has 2 N–H and O–H groups in total. The molecule has 8 nitrogen and oxygen atoms in total. The second kappa shape index (κ2) is 8.44. The molecule has 1 fully saturated rings. The Hall–Kier alpha value is -3.20. The molecular weight excluding hydrogens is 377 g/mol. The first-order valence-electron chi connectivity index (χ1n) is 9.55. The zero-order chi connectivity index (χ0) is 20.2. The summed E-state index contributed by atoms with van der Waals surface area (Å²) in [5, 5.41) is 12.7. The van der Waals surface area contributed by atoms with Crippen LogP contribution in [0.25, 0.3) is 11.3 Å². The van der Waals surface area contributed by atoms with Crippen molar-refractivity contribution in [3.63, 3.8) is 0 Å². The normalized spacial score (nSPS) is 14.7. The minimum absolute atomic E-state index is 0.153. The Kier molecular flexibility index (Phi) is 5.57. The van der Waals surface area contributed by atoms with E-state index in [0.717, 1.165) is 37.1 Å². The maximum absolute atomic E-state index is 13.2. The van der Waals surface area contributed by atoms with Crippen molar-refractivity contribution in [1.29, 1.82) is 0 Å². The fourth-order valence-corrected chi connectivity index (χ4v) is 3.24. The molecule has 2 aromatic heterocycles. The van der Waals surface area contributed by atoms with Gasteiger partial charge >= 0.3 is 0 Å². The molecule has 1 aliphatic rings. The van der Waals surface area contributed by atoms with Gasteiger partial charge in [-0.05, 0) is 44.0 Å². The van der Waals surface area contributed by atoms with Crippen LogP contribution in [0.5, 0.6) is 5.88 Å². The van der Waals surface area contributed by atoms with E-state index in [4.69, 9.17) is 9.26 Å². The first kappa shape index (κ1) is 19.1. The Bertz CT molecular complexity index is 976. The highest BCUT2D eigenvalue weighted by Crippen LogP contribution is 2.26. The Morgan fingerprint density at radius 2 is 2.03 bits per heavy atom. The molecule has 3 aromatic rings. The van der Waals surface area contributed by atoms with Gasteiger partial charge in [0.05, 0.1) is 5.56 Å². The quantitative estimate of drug-likeness (QED) is 0.661. The fourth-order valence-electron chi connectivity index (χ4n) is 3.24. The van der Waals surface area contributed by atoms with Gasteiger partial charge in [-0.15, -0.1) is 5.10 Å². The lowest BCUT2D eigenvalue weighted by Gasteiger charge is -2.26. The lowest BCUT2D eigenvalue weighted by atomic mass is 10.1. The van der Waals surface area contributed by atoms with Crippen LogP contribution in [-0.4, -0.2) is 39.4 Å². The summed E-state index contributed by atoms with van der Waals surface area (Å²) in [6.45, 7) is 3.63. The number of amides is 1. The van der Waals surface area contributed by atoms with E-state index in [0.29, 0.717) is 23.0 Å². The van der Waals surface area contributed by atoms with Crippen molar-refractivity contribution in [2.24, 2.45) is 0 Å². The number of hydrogen-bond donors (Lipinski definition) is 2. The number of aryl methyl sites for hydroxylation is 1. The molecule has 9 heteroatoms. The summed E-state index contributed by atoms with van der Waals surface area (Å²) >= 11 is 0. The molecule has 1 saturated heterocycles. The van der Waals surface area contributed by atoms with Gasteiger partial charge in [0.15, 0.2) is 0 Å². The smallest absolute Gasteiger partial charge is 0.283 e. The molecule has 4 rings (SSSR count). The van der Waals surface area contributed by atoms with Crippen LogP contribution >= 0.6 is 0 Å². The van der Waals surface area contributed by atoms with Crippen molar-refractivity contribution in [3.05, 3.63) is 53.2 Å². The number of aromatic nitrogens is 3. The van der Waals surface area contributed by atoms with Crippen molar-refractivity contribution in [3.8, 4) is 17.1 Å². The Morgan fingerprint density at radius 3 is 2.79 bits per heavy atom. The van der Waals surface area contributed by atoms with Gasteiger partial charge in [-0.1, -0.05) is 11.6 Å². The highest BCUT2D eigenvalue weighted by molar-refractivity contribution is 5.92. The molecule has 3 heterocycles. The molecule has 1 aromatic carbocycles. The van der Waals surface area contributed by atoms with Gasteiger partial charge in [-0.3, -0.25) is 15.3 Å². The zero-order valence-electron chi connectivity index (χ0n) is 16.1. The number of nitrogens with zero attached hydrogens (tertiary/aromatic N) is 3. The molecule has 0 spiro atoms. The highest BCUT2D eigenvalue weighted by atomic mass is 19.1. The van der Waals surface area contributed by atoms with E-state index in [2.05, 4.69) is 20.8 Å². The van der Waals surface area contributed by atoms with Gasteiger partial charge < -0.3 is 9.26 Å². The van der Waals surface area contributed by atoms with Crippen LogP contribution in [0.15, 0.2) is 34.9 Å². The number of carbonyl (C=O) groups excluding carboxylic acids is 1. The number of benzene rings is 1. The molecule has 0 atom stereocenters. The molecule has 0 unspecified atom stereocenters. The molecule has 0 radical (unpaired) electrons. The SMILES string of the molecule is Cc1onc(-c2ccc(F)cc2)c1COc1cc(C(=O)NN2CCCCC2)[nH]n1. The second-order valence-electron chi connectivity index (χ2n) is 6.97. The zero-order valence-corrected chi connectivity index (χ0v) is 16.1. The lowest BCUT2D eigenvalue weighted by molar-refractivity contribution is 0.0744. The number of H-pyrrole nitrogens is 1. The minimum Gasteiger partial charge on any atom is -0.472 e. The van der Waals surface area contributed by atoms with Crippen molar-refractivity contribution >= 4 is 5.91 Å². The second-order valence-corrected chi connectivity index (χ2v) is 6.97. The number of aromatic amines is 1. The highest BCUT2D eigenvalue weighted by Gasteiger charge is 2.18. The fraction of sp³-hybridized carbons (Fsp3) is 0.350. The minimum atomic E-state index is -0.321. The van der Waals surface area contributed by atoms with E-state index in [9.17, 15) is 9.18 Å². The van der Waals surface area contributed by atoms with Crippen molar-refractivity contribution in [1.82, 2.24) is 25.8 Å². The summed E-state index contributed by atoms with van der Waals surface area (Å²) < 4.78 is 24.2. The number of hydrazine groups is 1. The molecular formula is C20H22FN5O3. The number of halogens is 1. The maximum atomic E-state index is 13.2. The van der Waals surface area contributed by atoms with Gasteiger partial charge in [0.2, 0.25) is 5.88 Å². The topological polar surface area (TPSA) is 96.3 Å². The number of rotatable bonds is 6. The number of piperidine rings is 1. The summed E-state index contributed by atoms with van der Waals surface area (Å²) in [6.07, 6.45) is 3.34. The van der Waals surface area contributed by atoms with Gasteiger partial charge in [-0.25, -0.2) is 9.40 Å². The Morgan fingerprint density at radius 1 is 1.28 bits per heavy atom. The van der Waals surface area contributed by atoms with Crippen molar-refractivity contribution in [2.75, 3.05) is 13.1 Å². The van der Waals surface area contributed by atoms with Crippen LogP contribution in [0.3, 0.4) is 0 Å². The van der Waals surface area contributed by atoms with E-state index in [-0.39, 0.29) is 18.3 Å². The molecule has 0 bridgehead atoms. The lowest BCUT2D eigenvalue weighted by Crippen LogP contribution is -2.45. The van der Waals surface area contributed by atoms with E-state index in [1.54, 1.807) is 25.1 Å². The van der Waals surface area contributed by atoms with Crippen LogP contribution in [0.1, 0.15) is 41.1 Å². The Labute approximate surface area is 167 Å². The number of ether oxygens (including phenoxy) is 1. The van der Waals surface area contributed by atoms with Gasteiger partial charge in [0.25, 0.3) is 5.91 Å². The third kappa shape index (κ3) is 4.45. The van der Waals surface area contributed by atoms with Gasteiger partial charge in [0, 0.05) is 24.7 Å². The van der Waals surface area contributed by atoms with Crippen molar-refractivity contribution in [2.45, 2.75) is 32.8 Å². The summed E-state index contributed by atoms with van der Waals surface area (Å²) in [5.74, 6) is 0.323. The van der Waals surface area contributed by atoms with Crippen LogP contribution in [0.4, 0.5) is 4.39 Å². The molecule has 0 saturated carbocycles. The van der Waals surface area contributed by atoms with E-state index < -0.39 is 0 Å². The van der Waals surface area contributed by atoms with Gasteiger partial charge in [-0.2, -0.15) is 0 Å². The first-order valence-corrected chi connectivity index (χ1v) is 9.55. The molecule has 29 heavy (non-hydrogen) atoms. The first-order chi connectivity index (χ1) is 14.1. The summed E-state index contributed by atoms with van der Waals surface area (Å²) in [5.41, 5.74) is 5.25. The monoisotopic (exact) mass is 399 g/mol. The third-order valence-corrected chi connectivity index (χ3v) is 4.88. The van der Waals surface area contributed by atoms with Crippen LogP contribution in [0, 0.1) is 12.7 Å². The van der Waals surface area contributed by atoms with E-state index in [1.165, 1.54) is 18.6 Å². The average Bonchev–Trinajstić information content (AvgIpc) is 3.35. The van der Waals surface area contributed by atoms with Crippen LogP contribution in [-0.2, 0) is 6.61 Å². The van der Waals surface area contributed by atoms with Crippen LogP contribution in [0.2, 0.25) is 0 Å². The summed E-state index contributed by atoms with van der Waals surface area (Å²) in [6, 6.07) is 7.55. The van der Waals surface area contributed by atoms with E-state index in [1.807, 2.05) is 5.01 Å². The molecule has 1 aliphatic heterocycles. The standard InChI is InChI=1S/C20H22FN5O3/c1-13-16(19(25-29-13)14-5-7-15(21)8-6-14)12-28-18-11-17(22-23-18)20(27)24-26-9-3-2-4-10-26/h5-8,11H,2-4,9-10,12H2,1H3,(H,22,23)(H,24,27). The third-order valence-electron chi connectivity index (χ3n) is 4.88. The predicted octanol–water partition coefficient (Wildman–Crippen LogP) is 3.22. The number of hydrogen-bond acceptors (Lipinski definition) is 6. The predicted molar refractivity (Wildman–Crippen MR) is 102 cm³/mol.